The molecule has 204 valence electrons. The smallest absolute Gasteiger partial charge is 0.406 e. The van der Waals surface area contributed by atoms with E-state index in [-0.39, 0.29) is 40.3 Å². The van der Waals surface area contributed by atoms with E-state index >= 15 is 0 Å². The lowest BCUT2D eigenvalue weighted by atomic mass is 9.78. The SMILES string of the molecule is CN[C@H]1C[C@@H](c2cccc(OC(F)(F)F)c2)CC[C@@H]1Nc1cc(F)c(S(=O)(=O)Nc2ccncn2)cc1Cl. The van der Waals surface area contributed by atoms with Crippen molar-refractivity contribution < 1.29 is 30.7 Å². The first kappa shape index (κ1) is 27.9. The minimum atomic E-state index is -4.77. The molecular weight excluding hydrogens is 550 g/mol. The monoisotopic (exact) mass is 573 g/mol. The second-order valence-electron chi connectivity index (χ2n) is 8.74. The van der Waals surface area contributed by atoms with E-state index in [9.17, 15) is 26.0 Å². The average Bonchev–Trinajstić information content (AvgIpc) is 2.85. The van der Waals surface area contributed by atoms with Crippen LogP contribution in [0, 0.1) is 5.82 Å². The van der Waals surface area contributed by atoms with E-state index in [4.69, 9.17) is 11.6 Å². The van der Waals surface area contributed by atoms with Gasteiger partial charge in [0, 0.05) is 18.3 Å². The van der Waals surface area contributed by atoms with E-state index in [1.54, 1.807) is 13.1 Å². The van der Waals surface area contributed by atoms with E-state index in [1.165, 1.54) is 30.5 Å². The molecule has 38 heavy (non-hydrogen) atoms. The van der Waals surface area contributed by atoms with Gasteiger partial charge in [-0.15, -0.1) is 13.2 Å². The molecule has 0 unspecified atom stereocenters. The molecule has 4 rings (SSSR count). The highest BCUT2D eigenvalue weighted by molar-refractivity contribution is 7.92. The van der Waals surface area contributed by atoms with E-state index in [2.05, 4.69) is 30.1 Å². The maximum absolute atomic E-state index is 14.9. The lowest BCUT2D eigenvalue weighted by molar-refractivity contribution is -0.274. The molecule has 14 heteroatoms. The third-order valence-corrected chi connectivity index (χ3v) is 7.94. The van der Waals surface area contributed by atoms with Crippen LogP contribution in [-0.2, 0) is 10.0 Å². The molecule has 0 saturated heterocycles. The Morgan fingerprint density at radius 1 is 1.11 bits per heavy atom. The molecule has 0 spiro atoms. The van der Waals surface area contributed by atoms with Crippen molar-refractivity contribution in [3.8, 4) is 5.75 Å². The van der Waals surface area contributed by atoms with E-state index in [1.807, 2.05) is 0 Å². The summed E-state index contributed by atoms with van der Waals surface area (Å²) in [4.78, 5) is 6.83. The van der Waals surface area contributed by atoms with Crippen LogP contribution < -0.4 is 20.1 Å². The van der Waals surface area contributed by atoms with Crippen molar-refractivity contribution in [2.45, 2.75) is 48.5 Å². The number of rotatable bonds is 8. The second-order valence-corrected chi connectivity index (χ2v) is 10.8. The highest BCUT2D eigenvalue weighted by Crippen LogP contribution is 2.37. The quantitative estimate of drug-likeness (QED) is 0.314. The number of ether oxygens (including phenoxy) is 1. The van der Waals surface area contributed by atoms with Crippen molar-refractivity contribution in [1.29, 1.82) is 0 Å². The Morgan fingerprint density at radius 3 is 2.58 bits per heavy atom. The summed E-state index contributed by atoms with van der Waals surface area (Å²) < 4.78 is 84.4. The van der Waals surface area contributed by atoms with Crippen LogP contribution in [0.3, 0.4) is 0 Å². The summed E-state index contributed by atoms with van der Waals surface area (Å²) in [5.41, 5.74) is 0.940. The van der Waals surface area contributed by atoms with Crippen molar-refractivity contribution in [3.63, 3.8) is 0 Å². The first-order valence-electron chi connectivity index (χ1n) is 11.5. The second kappa shape index (κ2) is 11.3. The molecule has 1 heterocycles. The molecule has 3 aromatic rings. The molecule has 0 bridgehead atoms. The fraction of sp³-hybridized carbons (Fsp3) is 0.333. The number of sulfonamides is 1. The Labute approximate surface area is 221 Å². The predicted octanol–water partition coefficient (Wildman–Crippen LogP) is 5.30. The van der Waals surface area contributed by atoms with Crippen LogP contribution in [0.1, 0.15) is 30.7 Å². The molecule has 1 aliphatic carbocycles. The van der Waals surface area contributed by atoms with Crippen molar-refractivity contribution >= 4 is 33.1 Å². The maximum Gasteiger partial charge on any atom is 0.573 e. The summed E-state index contributed by atoms with van der Waals surface area (Å²) in [5.74, 6) is -1.34. The summed E-state index contributed by atoms with van der Waals surface area (Å²) in [6.07, 6.45) is -0.480. The summed E-state index contributed by atoms with van der Waals surface area (Å²) in [6.45, 7) is 0. The molecule has 8 nitrogen and oxygen atoms in total. The molecule has 1 saturated carbocycles. The zero-order valence-corrected chi connectivity index (χ0v) is 21.5. The van der Waals surface area contributed by atoms with Gasteiger partial charge in [0.2, 0.25) is 0 Å². The number of nitrogens with one attached hydrogen (secondary N) is 3. The lowest BCUT2D eigenvalue weighted by Crippen LogP contribution is -2.46. The molecular formula is C24H24ClF4N5O3S. The van der Waals surface area contributed by atoms with Gasteiger partial charge in [-0.1, -0.05) is 23.7 Å². The normalized spacial score (nSPS) is 20.1. The summed E-state index contributed by atoms with van der Waals surface area (Å²) >= 11 is 6.34. The van der Waals surface area contributed by atoms with E-state index in [0.29, 0.717) is 19.3 Å². The highest BCUT2D eigenvalue weighted by atomic mass is 35.5. The molecule has 0 aliphatic heterocycles. The van der Waals surface area contributed by atoms with Crippen LogP contribution in [0.25, 0.3) is 0 Å². The lowest BCUT2D eigenvalue weighted by Gasteiger charge is -2.37. The minimum Gasteiger partial charge on any atom is -0.406 e. The van der Waals surface area contributed by atoms with Gasteiger partial charge in [-0.3, -0.25) is 4.72 Å². The zero-order valence-electron chi connectivity index (χ0n) is 20.0. The van der Waals surface area contributed by atoms with Gasteiger partial charge >= 0.3 is 6.36 Å². The Bertz CT molecular complexity index is 1380. The number of halogens is 5. The number of alkyl halides is 3. The number of anilines is 2. The molecule has 0 radical (unpaired) electrons. The number of nitrogens with zero attached hydrogens (tertiary/aromatic N) is 2. The fourth-order valence-electron chi connectivity index (χ4n) is 4.52. The average molecular weight is 574 g/mol. The van der Waals surface area contributed by atoms with Gasteiger partial charge < -0.3 is 15.4 Å². The third kappa shape index (κ3) is 6.83. The summed E-state index contributed by atoms with van der Waals surface area (Å²) in [5, 5.41) is 6.39. The van der Waals surface area contributed by atoms with Gasteiger partial charge in [0.25, 0.3) is 10.0 Å². The molecule has 3 N–H and O–H groups in total. The largest absolute Gasteiger partial charge is 0.573 e. The molecule has 1 aromatic heterocycles. The molecule has 2 aromatic carbocycles. The van der Waals surface area contributed by atoms with Gasteiger partial charge in [0.05, 0.1) is 10.7 Å². The summed E-state index contributed by atoms with van der Waals surface area (Å²) in [7, 11) is -2.55. The van der Waals surface area contributed by atoms with Crippen LogP contribution in [-0.4, -0.2) is 43.9 Å². The molecule has 1 aliphatic rings. The van der Waals surface area contributed by atoms with E-state index in [0.717, 1.165) is 24.0 Å². The van der Waals surface area contributed by atoms with Crippen molar-refractivity contribution in [3.05, 3.63) is 71.4 Å². The zero-order chi connectivity index (χ0) is 27.5. The van der Waals surface area contributed by atoms with Crippen LogP contribution in [0.15, 0.2) is 59.9 Å². The molecule has 0 amide bonds. The Balaban J connectivity index is 1.47. The fourth-order valence-corrected chi connectivity index (χ4v) is 5.90. The number of hydrogen-bond acceptors (Lipinski definition) is 7. The predicted molar refractivity (Wildman–Crippen MR) is 134 cm³/mol. The van der Waals surface area contributed by atoms with Crippen LogP contribution in [0.2, 0.25) is 5.02 Å². The van der Waals surface area contributed by atoms with Gasteiger partial charge in [0.15, 0.2) is 0 Å². The summed E-state index contributed by atoms with van der Waals surface area (Å²) in [6, 6.07) is 8.95. The van der Waals surface area contributed by atoms with Crippen LogP contribution >= 0.6 is 11.6 Å². The number of hydrogen-bond donors (Lipinski definition) is 3. The van der Waals surface area contributed by atoms with Crippen molar-refractivity contribution in [1.82, 2.24) is 15.3 Å². The van der Waals surface area contributed by atoms with Crippen LogP contribution in [0.5, 0.6) is 5.75 Å². The van der Waals surface area contributed by atoms with Crippen molar-refractivity contribution in [2.24, 2.45) is 0 Å². The van der Waals surface area contributed by atoms with Crippen molar-refractivity contribution in [2.75, 3.05) is 17.1 Å². The van der Waals surface area contributed by atoms with Crippen LogP contribution in [0.4, 0.5) is 29.1 Å². The van der Waals surface area contributed by atoms with Gasteiger partial charge in [-0.25, -0.2) is 22.8 Å². The Hall–Kier alpha value is -3.16. The number of benzene rings is 2. The first-order chi connectivity index (χ1) is 17.9. The van der Waals surface area contributed by atoms with E-state index < -0.39 is 27.1 Å². The number of aromatic nitrogens is 2. The van der Waals surface area contributed by atoms with Gasteiger partial charge in [-0.2, -0.15) is 0 Å². The highest BCUT2D eigenvalue weighted by Gasteiger charge is 2.33. The third-order valence-electron chi connectivity index (χ3n) is 6.26. The van der Waals surface area contributed by atoms with Gasteiger partial charge in [-0.05, 0) is 68.1 Å². The first-order valence-corrected chi connectivity index (χ1v) is 13.4. The van der Waals surface area contributed by atoms with Gasteiger partial charge in [0.1, 0.15) is 28.6 Å². The molecule has 3 atom stereocenters. The molecule has 1 fully saturated rings. The Morgan fingerprint density at radius 2 is 1.89 bits per heavy atom. The minimum absolute atomic E-state index is 0.00318. The standard InChI is InChI=1S/C24H24ClF4N5O3S/c1-30-21-10-15(14-3-2-4-16(9-14)37-24(27,28)29)5-6-19(21)33-20-12-18(26)22(11-17(20)25)38(35,36)34-23-7-8-31-13-32-23/h2-4,7-9,11-13,15,19,21,30,33H,5-6,10H2,1H3,(H,31,32,34)/t15-,19-,21-/m0/s1. The maximum atomic E-state index is 14.9. The number of likely N-dealkylation sites (N-methyl/N-ethyl adjacent to an activating group) is 1. The Kier molecular flexibility index (Phi) is 8.28. The topological polar surface area (TPSA) is 105 Å².